The Hall–Kier alpha value is -4.89. The van der Waals surface area contributed by atoms with E-state index in [2.05, 4.69) is 50.0 Å². The summed E-state index contributed by atoms with van der Waals surface area (Å²) in [6, 6.07) is 23.1. The minimum absolute atomic E-state index is 0.108. The highest BCUT2D eigenvalue weighted by Crippen LogP contribution is 2.33. The third-order valence-corrected chi connectivity index (χ3v) is 7.88. The van der Waals surface area contributed by atoms with E-state index in [0.29, 0.717) is 28.9 Å². The van der Waals surface area contributed by atoms with Crippen molar-refractivity contribution in [3.63, 3.8) is 0 Å². The maximum absolute atomic E-state index is 13.4. The van der Waals surface area contributed by atoms with Gasteiger partial charge in [-0.1, -0.05) is 24.3 Å². The Kier molecular flexibility index (Phi) is 7.50. The van der Waals surface area contributed by atoms with Gasteiger partial charge in [0.1, 0.15) is 0 Å². The lowest BCUT2D eigenvalue weighted by molar-refractivity contribution is -0.110. The molecule has 2 aliphatic heterocycles. The molecule has 1 aromatic heterocycles. The molecular weight excluding hydrogens is 526 g/mol. The number of carbonyl (C=O) groups excluding carboxylic acids is 2. The van der Waals surface area contributed by atoms with Gasteiger partial charge >= 0.3 is 0 Å². The molecule has 0 atom stereocenters. The largest absolute Gasteiger partial charge is 0.379 e. The Morgan fingerprint density at radius 3 is 2.43 bits per heavy atom. The Morgan fingerprint density at radius 1 is 0.929 bits per heavy atom. The third-order valence-electron chi connectivity index (χ3n) is 7.88. The van der Waals surface area contributed by atoms with Gasteiger partial charge in [0.25, 0.3) is 5.91 Å². The summed E-state index contributed by atoms with van der Waals surface area (Å²) in [4.78, 5) is 30.9. The van der Waals surface area contributed by atoms with E-state index in [9.17, 15) is 9.59 Å². The average molecular weight is 562 g/mol. The number of nitrogens with one attached hydrogen (secondary N) is 3. The van der Waals surface area contributed by atoms with Crippen LogP contribution in [-0.2, 0) is 18.4 Å². The fourth-order valence-corrected chi connectivity index (χ4v) is 5.43. The van der Waals surface area contributed by atoms with Crippen LogP contribution in [0.5, 0.6) is 0 Å². The summed E-state index contributed by atoms with van der Waals surface area (Å²) in [6.45, 7) is 6.72. The summed E-state index contributed by atoms with van der Waals surface area (Å²) in [5, 5.41) is 13.9. The van der Waals surface area contributed by atoms with E-state index < -0.39 is 0 Å². The number of benzene rings is 3. The average Bonchev–Trinajstić information content (AvgIpc) is 3.50. The SMILES string of the molecule is Cc1cc(CNc2cccc(C(=O)c3ccc4c(c3)NC(=O)C4=CNc3ccc(N4CCN(C)CC4)cc3)c2)n(C)n1. The molecule has 3 heterocycles. The number of rotatable bonds is 8. The molecule has 0 saturated carbocycles. The second-order valence-corrected chi connectivity index (χ2v) is 10.9. The monoisotopic (exact) mass is 561 g/mol. The van der Waals surface area contributed by atoms with Crippen LogP contribution in [-0.4, -0.2) is 59.6 Å². The van der Waals surface area contributed by atoms with Gasteiger partial charge in [0, 0.05) is 78.9 Å². The van der Waals surface area contributed by atoms with Gasteiger partial charge in [-0.15, -0.1) is 0 Å². The lowest BCUT2D eigenvalue weighted by Crippen LogP contribution is -2.44. The fraction of sp³-hybridized carbons (Fsp3) is 0.242. The summed E-state index contributed by atoms with van der Waals surface area (Å²) in [6.07, 6.45) is 1.73. The van der Waals surface area contributed by atoms with Gasteiger partial charge in [-0.05, 0) is 62.5 Å². The fourth-order valence-electron chi connectivity index (χ4n) is 5.43. The smallest absolute Gasteiger partial charge is 0.257 e. The first-order valence-corrected chi connectivity index (χ1v) is 14.2. The molecule has 9 heteroatoms. The summed E-state index contributed by atoms with van der Waals surface area (Å²) in [5.74, 6) is -0.309. The topological polar surface area (TPSA) is 94.5 Å². The lowest BCUT2D eigenvalue weighted by Gasteiger charge is -2.34. The summed E-state index contributed by atoms with van der Waals surface area (Å²) in [5.41, 5.74) is 7.99. The van der Waals surface area contributed by atoms with Crippen molar-refractivity contribution in [3.05, 3.63) is 107 Å². The molecule has 0 unspecified atom stereocenters. The number of nitrogens with zero attached hydrogens (tertiary/aromatic N) is 4. The van der Waals surface area contributed by atoms with E-state index in [4.69, 9.17) is 0 Å². The minimum atomic E-state index is -0.201. The molecule has 2 aliphatic rings. The molecule has 6 rings (SSSR count). The number of anilines is 4. The summed E-state index contributed by atoms with van der Waals surface area (Å²) in [7, 11) is 4.07. The van der Waals surface area contributed by atoms with Gasteiger partial charge < -0.3 is 25.8 Å². The second-order valence-electron chi connectivity index (χ2n) is 10.9. The molecule has 4 aromatic rings. The Bertz CT molecular complexity index is 1660. The van der Waals surface area contributed by atoms with E-state index in [1.165, 1.54) is 5.69 Å². The van der Waals surface area contributed by atoms with Gasteiger partial charge in [-0.2, -0.15) is 5.10 Å². The molecule has 1 fully saturated rings. The maximum atomic E-state index is 13.4. The zero-order valence-corrected chi connectivity index (χ0v) is 24.1. The van der Waals surface area contributed by atoms with Crippen molar-refractivity contribution in [2.24, 2.45) is 7.05 Å². The number of aromatic nitrogens is 2. The molecule has 0 aliphatic carbocycles. The van der Waals surface area contributed by atoms with Gasteiger partial charge in [0.05, 0.1) is 23.5 Å². The molecular formula is C33H35N7O2. The summed E-state index contributed by atoms with van der Waals surface area (Å²) < 4.78 is 1.85. The molecule has 0 bridgehead atoms. The molecule has 9 nitrogen and oxygen atoms in total. The van der Waals surface area contributed by atoms with Crippen LogP contribution in [0, 0.1) is 6.92 Å². The number of fused-ring (bicyclic) bond motifs is 1. The van der Waals surface area contributed by atoms with Crippen LogP contribution < -0.4 is 20.9 Å². The highest BCUT2D eigenvalue weighted by Gasteiger charge is 2.25. The van der Waals surface area contributed by atoms with Crippen LogP contribution in [0.4, 0.5) is 22.7 Å². The lowest BCUT2D eigenvalue weighted by atomic mass is 9.99. The van der Waals surface area contributed by atoms with Crippen molar-refractivity contribution < 1.29 is 9.59 Å². The predicted octanol–water partition coefficient (Wildman–Crippen LogP) is 4.73. The maximum Gasteiger partial charge on any atom is 0.257 e. The number of likely N-dealkylation sites (N-methyl/N-ethyl adjacent to an activating group) is 1. The number of carbonyl (C=O) groups is 2. The second kappa shape index (κ2) is 11.5. The molecule has 0 spiro atoms. The van der Waals surface area contributed by atoms with Crippen LogP contribution in [0.2, 0.25) is 0 Å². The van der Waals surface area contributed by atoms with E-state index in [1.807, 2.05) is 61.1 Å². The molecule has 3 N–H and O–H groups in total. The first-order valence-electron chi connectivity index (χ1n) is 14.2. The quantitative estimate of drug-likeness (QED) is 0.212. The highest BCUT2D eigenvalue weighted by molar-refractivity contribution is 6.32. The van der Waals surface area contributed by atoms with Crippen molar-refractivity contribution in [2.75, 3.05) is 54.1 Å². The van der Waals surface area contributed by atoms with Gasteiger partial charge in [0.15, 0.2) is 5.78 Å². The first kappa shape index (κ1) is 27.3. The molecule has 1 amide bonds. The molecule has 42 heavy (non-hydrogen) atoms. The number of hydrogen-bond donors (Lipinski definition) is 3. The summed E-state index contributed by atoms with van der Waals surface area (Å²) >= 11 is 0. The Morgan fingerprint density at radius 2 is 1.69 bits per heavy atom. The van der Waals surface area contributed by atoms with Crippen molar-refractivity contribution in [3.8, 4) is 0 Å². The van der Waals surface area contributed by atoms with Crippen LogP contribution in [0.1, 0.15) is 32.9 Å². The van der Waals surface area contributed by atoms with E-state index in [1.54, 1.807) is 24.4 Å². The zero-order chi connectivity index (χ0) is 29.2. The third kappa shape index (κ3) is 5.77. The molecule has 0 radical (unpaired) electrons. The standard InChI is InChI=1S/C33H35N7O2/c1-22-17-28(39(3)37-22)20-34-26-6-4-5-23(18-26)32(41)24-7-12-29-30(33(42)36-31(29)19-24)21-35-25-8-10-27(11-9-25)40-15-13-38(2)14-16-40/h4-12,17-19,21,34-35H,13-16,20H2,1-3H3,(H,36,42). The van der Waals surface area contributed by atoms with Crippen molar-refractivity contribution >= 4 is 40.0 Å². The van der Waals surface area contributed by atoms with Gasteiger partial charge in [-0.25, -0.2) is 0 Å². The molecule has 1 saturated heterocycles. The van der Waals surface area contributed by atoms with E-state index in [0.717, 1.165) is 54.5 Å². The molecule has 214 valence electrons. The van der Waals surface area contributed by atoms with Crippen molar-refractivity contribution in [1.29, 1.82) is 0 Å². The highest BCUT2D eigenvalue weighted by atomic mass is 16.2. The van der Waals surface area contributed by atoms with Gasteiger partial charge in [0.2, 0.25) is 0 Å². The number of ketones is 1. The first-order chi connectivity index (χ1) is 20.3. The predicted molar refractivity (Wildman–Crippen MR) is 168 cm³/mol. The van der Waals surface area contributed by atoms with E-state index >= 15 is 0 Å². The van der Waals surface area contributed by atoms with Crippen LogP contribution in [0.25, 0.3) is 5.57 Å². The van der Waals surface area contributed by atoms with Crippen molar-refractivity contribution in [1.82, 2.24) is 14.7 Å². The number of hydrogen-bond acceptors (Lipinski definition) is 7. The molecule has 3 aromatic carbocycles. The van der Waals surface area contributed by atoms with Crippen LogP contribution in [0.3, 0.4) is 0 Å². The number of amides is 1. The van der Waals surface area contributed by atoms with E-state index in [-0.39, 0.29) is 11.7 Å². The minimum Gasteiger partial charge on any atom is -0.379 e. The number of piperazine rings is 1. The normalized spacial score (nSPS) is 15.9. The number of aryl methyl sites for hydroxylation is 2. The zero-order valence-electron chi connectivity index (χ0n) is 24.1. The van der Waals surface area contributed by atoms with Crippen LogP contribution >= 0.6 is 0 Å². The van der Waals surface area contributed by atoms with Crippen molar-refractivity contribution in [2.45, 2.75) is 13.5 Å². The van der Waals surface area contributed by atoms with Crippen LogP contribution in [0.15, 0.2) is 79.0 Å². The van der Waals surface area contributed by atoms with Gasteiger partial charge in [-0.3, -0.25) is 14.3 Å². The Labute approximate surface area is 245 Å². The Balaban J connectivity index is 1.12.